The lowest BCUT2D eigenvalue weighted by Crippen LogP contribution is -2.30. The van der Waals surface area contributed by atoms with Crippen LogP contribution in [0.1, 0.15) is 22.3 Å². The summed E-state index contributed by atoms with van der Waals surface area (Å²) < 4.78 is 0. The standard InChI is InChI=1S/C22H30N4O2/c1-17-3-5-21(27)19(13-17)15-25-11-9-23-7-8-24-10-12-26-16-20-14-18(2)4-6-22(20)28/h3-6,13-16,23-24,27-28H,7-12H2,1-2H3/b25-15-,26-16-. The van der Waals surface area contributed by atoms with Crippen LogP contribution >= 0.6 is 0 Å². The Labute approximate surface area is 167 Å². The van der Waals surface area contributed by atoms with Crippen LogP contribution < -0.4 is 10.6 Å². The van der Waals surface area contributed by atoms with E-state index in [2.05, 4.69) is 20.6 Å². The van der Waals surface area contributed by atoms with Gasteiger partial charge in [-0.3, -0.25) is 9.98 Å². The molecule has 0 bridgehead atoms. The third-order valence-electron chi connectivity index (χ3n) is 4.14. The lowest BCUT2D eigenvalue weighted by atomic mass is 10.1. The summed E-state index contributed by atoms with van der Waals surface area (Å²) in [6, 6.07) is 11.0. The second-order valence-electron chi connectivity index (χ2n) is 6.70. The first-order valence-corrected chi connectivity index (χ1v) is 9.56. The molecule has 0 amide bonds. The predicted molar refractivity (Wildman–Crippen MR) is 116 cm³/mol. The van der Waals surface area contributed by atoms with Gasteiger partial charge in [0.2, 0.25) is 0 Å². The Morgan fingerprint density at radius 3 is 1.57 bits per heavy atom. The molecular weight excluding hydrogens is 352 g/mol. The molecule has 2 aromatic rings. The van der Waals surface area contributed by atoms with Gasteiger partial charge >= 0.3 is 0 Å². The minimum absolute atomic E-state index is 0.256. The molecule has 0 aliphatic carbocycles. The fourth-order valence-electron chi connectivity index (χ4n) is 2.59. The molecular formula is C22H30N4O2. The number of hydrogen-bond acceptors (Lipinski definition) is 6. The molecule has 2 rings (SSSR count). The lowest BCUT2D eigenvalue weighted by molar-refractivity contribution is 0.473. The molecule has 0 saturated carbocycles. The van der Waals surface area contributed by atoms with E-state index in [-0.39, 0.29) is 11.5 Å². The topological polar surface area (TPSA) is 89.2 Å². The van der Waals surface area contributed by atoms with Gasteiger partial charge in [0, 0.05) is 49.7 Å². The number of aryl methyl sites for hydroxylation is 2. The molecule has 0 saturated heterocycles. The monoisotopic (exact) mass is 382 g/mol. The van der Waals surface area contributed by atoms with E-state index in [0.29, 0.717) is 13.1 Å². The van der Waals surface area contributed by atoms with Crippen LogP contribution in [0.15, 0.2) is 46.4 Å². The van der Waals surface area contributed by atoms with Crippen molar-refractivity contribution in [3.8, 4) is 11.5 Å². The number of benzene rings is 2. The lowest BCUT2D eigenvalue weighted by Gasteiger charge is -2.04. The summed E-state index contributed by atoms with van der Waals surface area (Å²) in [5.74, 6) is 0.513. The van der Waals surface area contributed by atoms with E-state index in [1.807, 2.05) is 38.1 Å². The zero-order chi connectivity index (χ0) is 20.2. The van der Waals surface area contributed by atoms with Gasteiger partial charge in [-0.2, -0.15) is 0 Å². The summed E-state index contributed by atoms with van der Waals surface area (Å²) in [7, 11) is 0. The first-order valence-electron chi connectivity index (χ1n) is 9.56. The maximum Gasteiger partial charge on any atom is 0.124 e. The highest BCUT2D eigenvalue weighted by molar-refractivity contribution is 5.84. The van der Waals surface area contributed by atoms with E-state index in [9.17, 15) is 10.2 Å². The highest BCUT2D eigenvalue weighted by atomic mass is 16.3. The average Bonchev–Trinajstić information content (AvgIpc) is 2.67. The second kappa shape index (κ2) is 11.9. The molecule has 0 aliphatic rings. The summed E-state index contributed by atoms with van der Waals surface area (Å²) in [6.45, 7) is 8.59. The number of nitrogens with zero attached hydrogens (tertiary/aromatic N) is 2. The Kier molecular flexibility index (Phi) is 9.18. The molecule has 28 heavy (non-hydrogen) atoms. The molecule has 0 unspecified atom stereocenters. The summed E-state index contributed by atoms with van der Waals surface area (Å²) >= 11 is 0. The number of rotatable bonds is 11. The van der Waals surface area contributed by atoms with E-state index in [1.165, 1.54) is 0 Å². The fraction of sp³-hybridized carbons (Fsp3) is 0.364. The molecule has 0 aliphatic heterocycles. The number of hydrogen-bond donors (Lipinski definition) is 4. The van der Waals surface area contributed by atoms with Gasteiger partial charge in [-0.1, -0.05) is 23.3 Å². The van der Waals surface area contributed by atoms with E-state index >= 15 is 0 Å². The van der Waals surface area contributed by atoms with Crippen molar-refractivity contribution in [1.82, 2.24) is 10.6 Å². The fourth-order valence-corrected chi connectivity index (χ4v) is 2.59. The zero-order valence-electron chi connectivity index (χ0n) is 16.7. The van der Waals surface area contributed by atoms with Crippen molar-refractivity contribution in [2.24, 2.45) is 9.98 Å². The molecule has 6 heteroatoms. The van der Waals surface area contributed by atoms with Gasteiger partial charge in [0.15, 0.2) is 0 Å². The van der Waals surface area contributed by atoms with Gasteiger partial charge in [0.25, 0.3) is 0 Å². The Morgan fingerprint density at radius 2 is 1.14 bits per heavy atom. The highest BCUT2D eigenvalue weighted by Gasteiger charge is 1.98. The number of phenolic OH excluding ortho intramolecular Hbond substituents is 2. The quantitative estimate of drug-likeness (QED) is 0.355. The Morgan fingerprint density at radius 1 is 0.714 bits per heavy atom. The van der Waals surface area contributed by atoms with Crippen LogP contribution in [0.2, 0.25) is 0 Å². The molecule has 2 aromatic carbocycles. The van der Waals surface area contributed by atoms with Crippen LogP contribution in [0.5, 0.6) is 11.5 Å². The molecule has 150 valence electrons. The van der Waals surface area contributed by atoms with Crippen molar-refractivity contribution < 1.29 is 10.2 Å². The van der Waals surface area contributed by atoms with Crippen molar-refractivity contribution in [3.63, 3.8) is 0 Å². The smallest absolute Gasteiger partial charge is 0.124 e. The summed E-state index contributed by atoms with van der Waals surface area (Å²) in [5.41, 5.74) is 3.70. The van der Waals surface area contributed by atoms with Gasteiger partial charge < -0.3 is 20.8 Å². The van der Waals surface area contributed by atoms with Crippen molar-refractivity contribution in [2.45, 2.75) is 13.8 Å². The van der Waals surface area contributed by atoms with E-state index in [0.717, 1.165) is 48.4 Å². The largest absolute Gasteiger partial charge is 0.507 e. The summed E-state index contributed by atoms with van der Waals surface area (Å²) in [4.78, 5) is 8.67. The van der Waals surface area contributed by atoms with Crippen LogP contribution in [0, 0.1) is 13.8 Å². The van der Waals surface area contributed by atoms with Crippen LogP contribution in [0.4, 0.5) is 0 Å². The molecule has 0 heterocycles. The van der Waals surface area contributed by atoms with Crippen molar-refractivity contribution in [3.05, 3.63) is 58.7 Å². The van der Waals surface area contributed by atoms with Crippen LogP contribution in [0.3, 0.4) is 0 Å². The Balaban J connectivity index is 1.51. The zero-order valence-corrected chi connectivity index (χ0v) is 16.7. The first-order chi connectivity index (χ1) is 13.6. The second-order valence-corrected chi connectivity index (χ2v) is 6.70. The average molecular weight is 383 g/mol. The van der Waals surface area contributed by atoms with Gasteiger partial charge in [-0.05, 0) is 38.1 Å². The van der Waals surface area contributed by atoms with Crippen molar-refractivity contribution in [1.29, 1.82) is 0 Å². The predicted octanol–water partition coefficient (Wildman–Crippen LogP) is 2.43. The van der Waals surface area contributed by atoms with Crippen LogP contribution in [0.25, 0.3) is 0 Å². The van der Waals surface area contributed by atoms with E-state index in [4.69, 9.17) is 0 Å². The Hall–Kier alpha value is -2.70. The Bertz CT molecular complexity index is 736. The normalized spacial score (nSPS) is 11.6. The maximum atomic E-state index is 9.75. The van der Waals surface area contributed by atoms with Gasteiger partial charge in [-0.15, -0.1) is 0 Å². The minimum Gasteiger partial charge on any atom is -0.507 e. The molecule has 0 aromatic heterocycles. The van der Waals surface area contributed by atoms with E-state index in [1.54, 1.807) is 24.6 Å². The molecule has 0 spiro atoms. The van der Waals surface area contributed by atoms with Gasteiger partial charge in [-0.25, -0.2) is 0 Å². The third-order valence-corrected chi connectivity index (χ3v) is 4.14. The molecule has 4 N–H and O–H groups in total. The summed E-state index contributed by atoms with van der Waals surface area (Å²) in [6.07, 6.45) is 3.43. The van der Waals surface area contributed by atoms with Crippen LogP contribution in [-0.4, -0.2) is 61.9 Å². The summed E-state index contributed by atoms with van der Waals surface area (Å²) in [5, 5.41) is 26.1. The van der Waals surface area contributed by atoms with Gasteiger partial charge in [0.05, 0.1) is 13.1 Å². The number of phenols is 2. The highest BCUT2D eigenvalue weighted by Crippen LogP contribution is 2.16. The van der Waals surface area contributed by atoms with Crippen molar-refractivity contribution >= 4 is 12.4 Å². The maximum absolute atomic E-state index is 9.75. The molecule has 6 nitrogen and oxygen atoms in total. The SMILES string of the molecule is Cc1ccc(O)c(/C=N\CCNCCNCC/N=C\c2cc(C)ccc2O)c1. The van der Waals surface area contributed by atoms with Gasteiger partial charge in [0.1, 0.15) is 11.5 Å². The van der Waals surface area contributed by atoms with Crippen molar-refractivity contribution in [2.75, 3.05) is 39.3 Å². The molecule has 0 fully saturated rings. The molecule has 0 radical (unpaired) electrons. The first kappa shape index (κ1) is 21.6. The van der Waals surface area contributed by atoms with Crippen LogP contribution in [-0.2, 0) is 0 Å². The van der Waals surface area contributed by atoms with E-state index < -0.39 is 0 Å². The number of aliphatic imine (C=N–C) groups is 2. The minimum atomic E-state index is 0.256. The number of nitrogens with one attached hydrogen (secondary N) is 2. The number of aromatic hydroxyl groups is 2. The molecule has 0 atom stereocenters. The third kappa shape index (κ3) is 7.90.